The van der Waals surface area contributed by atoms with Gasteiger partial charge in [0.15, 0.2) is 17.2 Å². The topological polar surface area (TPSA) is 163 Å². The Morgan fingerprint density at radius 1 is 1.03 bits per heavy atom. The van der Waals surface area contributed by atoms with Crippen LogP contribution in [-0.2, 0) is 15.3 Å². The summed E-state index contributed by atoms with van der Waals surface area (Å²) in [7, 11) is 1.30. The highest BCUT2D eigenvalue weighted by atomic mass is 16.8. The first-order chi connectivity index (χ1) is 15.8. The number of anilines is 1. The fourth-order valence-electron chi connectivity index (χ4n) is 3.79. The molecule has 34 heavy (non-hydrogen) atoms. The maximum atomic E-state index is 13.4. The van der Waals surface area contributed by atoms with Crippen LogP contribution in [-0.4, -0.2) is 56.8 Å². The first-order valence-corrected chi connectivity index (χ1v) is 10.1. The van der Waals surface area contributed by atoms with Crippen LogP contribution in [0.3, 0.4) is 0 Å². The Labute approximate surface area is 194 Å². The number of aliphatic hydroxyl groups is 3. The minimum atomic E-state index is -2.62. The molecule has 1 aliphatic heterocycles. The zero-order valence-electron chi connectivity index (χ0n) is 18.9. The molecule has 11 heteroatoms. The van der Waals surface area contributed by atoms with Crippen molar-refractivity contribution in [3.8, 4) is 11.5 Å². The Balaban J connectivity index is 2.18. The third-order valence-corrected chi connectivity index (χ3v) is 5.02. The molecule has 1 atom stereocenters. The molecule has 0 aliphatic carbocycles. The normalized spacial score (nSPS) is 15.0. The number of carbonyl (C=O) groups is 4. The van der Waals surface area contributed by atoms with Gasteiger partial charge in [0.05, 0.1) is 30.3 Å². The van der Waals surface area contributed by atoms with E-state index in [4.69, 9.17) is 9.47 Å². The van der Waals surface area contributed by atoms with E-state index in [9.17, 15) is 34.5 Å². The smallest absolute Gasteiger partial charge is 0.318 e. The largest absolute Gasteiger partial charge is 0.493 e. The molecule has 1 heterocycles. The first kappa shape index (κ1) is 24.8. The van der Waals surface area contributed by atoms with Gasteiger partial charge in [-0.25, -0.2) is 4.90 Å². The van der Waals surface area contributed by atoms with Crippen LogP contribution >= 0.6 is 0 Å². The van der Waals surface area contributed by atoms with Gasteiger partial charge in [-0.1, -0.05) is 12.1 Å². The number of hydrogen-bond acceptors (Lipinski definition) is 9. The summed E-state index contributed by atoms with van der Waals surface area (Å²) in [5, 5.41) is 33.5. The SMILES string of the molecule is COc1ccc(C(O)(CC(C)=O)N2C(=O)c3cccc(NC(C)=O)c3C2=O)cc1OC(C)(O)O. The van der Waals surface area contributed by atoms with Crippen LogP contribution in [0, 0.1) is 0 Å². The summed E-state index contributed by atoms with van der Waals surface area (Å²) < 4.78 is 10.2. The highest BCUT2D eigenvalue weighted by Gasteiger charge is 2.51. The molecule has 0 fully saturated rings. The monoisotopic (exact) mass is 472 g/mol. The first-order valence-electron chi connectivity index (χ1n) is 10.1. The van der Waals surface area contributed by atoms with Gasteiger partial charge in [0.2, 0.25) is 5.91 Å². The molecule has 0 radical (unpaired) electrons. The summed E-state index contributed by atoms with van der Waals surface area (Å²) in [6.45, 7) is 3.35. The predicted molar refractivity (Wildman–Crippen MR) is 117 cm³/mol. The number of nitrogens with zero attached hydrogens (tertiary/aromatic N) is 1. The van der Waals surface area contributed by atoms with Crippen LogP contribution in [0.2, 0.25) is 0 Å². The average molecular weight is 472 g/mol. The van der Waals surface area contributed by atoms with E-state index in [-0.39, 0.29) is 33.9 Å². The Hall–Kier alpha value is -3.80. The van der Waals surface area contributed by atoms with Crippen LogP contribution < -0.4 is 14.8 Å². The van der Waals surface area contributed by atoms with Crippen molar-refractivity contribution in [1.82, 2.24) is 4.90 Å². The number of ketones is 1. The number of hydrogen-bond donors (Lipinski definition) is 4. The zero-order chi connectivity index (χ0) is 25.4. The third-order valence-electron chi connectivity index (χ3n) is 5.02. The number of rotatable bonds is 8. The molecule has 0 spiro atoms. The summed E-state index contributed by atoms with van der Waals surface area (Å²) in [6.07, 6.45) is -0.671. The van der Waals surface area contributed by atoms with E-state index in [2.05, 4.69) is 5.32 Å². The molecule has 3 rings (SSSR count). The maximum Gasteiger partial charge on any atom is 0.318 e. The van der Waals surface area contributed by atoms with E-state index < -0.39 is 41.6 Å². The molecule has 1 aliphatic rings. The van der Waals surface area contributed by atoms with Crippen molar-refractivity contribution in [2.75, 3.05) is 12.4 Å². The van der Waals surface area contributed by atoms with Gasteiger partial charge in [0.1, 0.15) is 5.78 Å². The molecular weight excluding hydrogens is 448 g/mol. The molecule has 2 aromatic carbocycles. The molecule has 0 saturated carbocycles. The van der Waals surface area contributed by atoms with Crippen molar-refractivity contribution in [3.63, 3.8) is 0 Å². The quantitative estimate of drug-likeness (QED) is 0.326. The predicted octanol–water partition coefficient (Wildman–Crippen LogP) is 1.11. The van der Waals surface area contributed by atoms with Crippen LogP contribution in [0.1, 0.15) is 53.5 Å². The van der Waals surface area contributed by atoms with Crippen LogP contribution in [0.15, 0.2) is 36.4 Å². The van der Waals surface area contributed by atoms with E-state index in [0.717, 1.165) is 13.0 Å². The summed E-state index contributed by atoms with van der Waals surface area (Å²) in [4.78, 5) is 50.9. The van der Waals surface area contributed by atoms with Crippen LogP contribution in [0.5, 0.6) is 11.5 Å². The molecule has 0 bridgehead atoms. The number of nitrogens with one attached hydrogen (secondary N) is 1. The lowest BCUT2D eigenvalue weighted by atomic mass is 9.94. The fourth-order valence-corrected chi connectivity index (χ4v) is 3.79. The average Bonchev–Trinajstić information content (AvgIpc) is 2.97. The summed E-state index contributed by atoms with van der Waals surface area (Å²) in [5.41, 5.74) is -2.73. The molecule has 0 saturated heterocycles. The molecule has 0 aromatic heterocycles. The Kier molecular flexibility index (Phi) is 6.47. The lowest BCUT2D eigenvalue weighted by Crippen LogP contribution is -2.50. The number of methoxy groups -OCH3 is 1. The molecule has 2 aromatic rings. The number of amides is 3. The van der Waals surface area contributed by atoms with Gasteiger partial charge in [-0.05, 0) is 31.2 Å². The van der Waals surface area contributed by atoms with E-state index in [1.54, 1.807) is 0 Å². The van der Waals surface area contributed by atoms with Gasteiger partial charge in [0.25, 0.3) is 11.8 Å². The lowest BCUT2D eigenvalue weighted by Gasteiger charge is -2.36. The van der Waals surface area contributed by atoms with E-state index >= 15 is 0 Å². The zero-order valence-corrected chi connectivity index (χ0v) is 18.9. The number of carbonyl (C=O) groups excluding carboxylic acids is 4. The molecule has 11 nitrogen and oxygen atoms in total. The fraction of sp³-hybridized carbons (Fsp3) is 0.304. The van der Waals surface area contributed by atoms with Gasteiger partial charge in [0, 0.05) is 19.4 Å². The number of benzene rings is 2. The molecule has 4 N–H and O–H groups in total. The molecular formula is C23H24N2O9. The van der Waals surface area contributed by atoms with Gasteiger partial charge in [-0.2, -0.15) is 0 Å². The van der Waals surface area contributed by atoms with Crippen molar-refractivity contribution in [2.45, 2.75) is 38.9 Å². The second-order valence-corrected chi connectivity index (χ2v) is 7.95. The Bertz CT molecular complexity index is 1190. The van der Waals surface area contributed by atoms with E-state index in [1.807, 2.05) is 0 Å². The molecule has 180 valence electrons. The Morgan fingerprint density at radius 2 is 1.71 bits per heavy atom. The highest BCUT2D eigenvalue weighted by molar-refractivity contribution is 6.25. The second kappa shape index (κ2) is 8.86. The van der Waals surface area contributed by atoms with Gasteiger partial charge in [-0.15, -0.1) is 0 Å². The van der Waals surface area contributed by atoms with Gasteiger partial charge >= 0.3 is 5.97 Å². The minimum Gasteiger partial charge on any atom is -0.493 e. The van der Waals surface area contributed by atoms with Crippen molar-refractivity contribution in [1.29, 1.82) is 0 Å². The van der Waals surface area contributed by atoms with Crippen LogP contribution in [0.25, 0.3) is 0 Å². The molecule has 1 unspecified atom stereocenters. The standard InChI is InChI=1S/C23H24N2O9/c1-12(26)11-23(32,14-8-9-17(33-4)18(10-14)34-22(3,30)31)25-20(28)15-6-5-7-16(24-13(2)27)19(15)21(25)29/h5-10,30-32H,11H2,1-4H3,(H,24,27). The number of imide groups is 1. The number of ether oxygens (including phenoxy) is 2. The van der Waals surface area contributed by atoms with Crippen molar-refractivity contribution in [2.24, 2.45) is 0 Å². The summed E-state index contributed by atoms with van der Waals surface area (Å²) in [5.74, 6) is -5.63. The van der Waals surface area contributed by atoms with E-state index in [0.29, 0.717) is 4.90 Å². The van der Waals surface area contributed by atoms with Crippen molar-refractivity contribution < 1.29 is 44.0 Å². The van der Waals surface area contributed by atoms with E-state index in [1.165, 1.54) is 51.3 Å². The third kappa shape index (κ3) is 4.62. The summed E-state index contributed by atoms with van der Waals surface area (Å²) >= 11 is 0. The van der Waals surface area contributed by atoms with Gasteiger partial charge < -0.3 is 30.1 Å². The Morgan fingerprint density at radius 3 is 2.26 bits per heavy atom. The highest BCUT2D eigenvalue weighted by Crippen LogP contribution is 2.42. The second-order valence-electron chi connectivity index (χ2n) is 7.95. The van der Waals surface area contributed by atoms with Crippen molar-refractivity contribution in [3.05, 3.63) is 53.1 Å². The lowest BCUT2D eigenvalue weighted by molar-refractivity contribution is -0.278. The van der Waals surface area contributed by atoms with Gasteiger partial charge in [-0.3, -0.25) is 19.2 Å². The summed E-state index contributed by atoms with van der Waals surface area (Å²) in [6, 6.07) is 8.00. The number of fused-ring (bicyclic) bond motifs is 1. The van der Waals surface area contributed by atoms with Crippen LogP contribution in [0.4, 0.5) is 5.69 Å². The molecule has 3 amide bonds. The number of Topliss-reactive ketones (excluding diaryl/α,β-unsaturated/α-hetero) is 1. The van der Waals surface area contributed by atoms with Crippen molar-refractivity contribution >= 4 is 29.2 Å². The minimum absolute atomic E-state index is 0.0542. The maximum absolute atomic E-state index is 13.4.